The van der Waals surface area contributed by atoms with E-state index in [1.54, 1.807) is 35.2 Å². The Labute approximate surface area is 127 Å². The predicted molar refractivity (Wildman–Crippen MR) is 84.5 cm³/mol. The molecule has 0 bridgehead atoms. The van der Waals surface area contributed by atoms with Crippen molar-refractivity contribution < 1.29 is 4.79 Å². The van der Waals surface area contributed by atoms with Gasteiger partial charge in [-0.25, -0.2) is 0 Å². The average molecular weight is 290 g/mol. The molecule has 0 aliphatic rings. The van der Waals surface area contributed by atoms with Gasteiger partial charge in [0.05, 0.1) is 0 Å². The molecule has 0 saturated heterocycles. The summed E-state index contributed by atoms with van der Waals surface area (Å²) >= 11 is 0. The number of hydrogen-bond acceptors (Lipinski definition) is 3. The minimum absolute atomic E-state index is 0.0688. The first kappa shape index (κ1) is 13.9. The topological polar surface area (TPSA) is 52.0 Å². The van der Waals surface area contributed by atoms with E-state index < -0.39 is 0 Å². The highest BCUT2D eigenvalue weighted by molar-refractivity contribution is 5.74. The number of rotatable bonds is 4. The highest BCUT2D eigenvalue weighted by atomic mass is 16.1. The maximum atomic E-state index is 11.9. The van der Waals surface area contributed by atoms with Crippen LogP contribution >= 0.6 is 0 Å². The maximum absolute atomic E-state index is 11.9. The minimum atomic E-state index is -0.0688. The van der Waals surface area contributed by atoms with E-state index in [9.17, 15) is 9.59 Å². The van der Waals surface area contributed by atoms with E-state index in [1.165, 1.54) is 6.07 Å². The van der Waals surface area contributed by atoms with Gasteiger partial charge in [-0.2, -0.15) is 0 Å². The second kappa shape index (κ2) is 6.18. The van der Waals surface area contributed by atoms with Crippen molar-refractivity contribution in [3.8, 4) is 5.69 Å². The van der Waals surface area contributed by atoms with Crippen molar-refractivity contribution in [3.05, 3.63) is 94.2 Å². The van der Waals surface area contributed by atoms with Crippen LogP contribution in [-0.2, 0) is 6.42 Å². The van der Waals surface area contributed by atoms with Gasteiger partial charge < -0.3 is 0 Å². The Morgan fingerprint density at radius 2 is 1.95 bits per heavy atom. The molecule has 0 fully saturated rings. The van der Waals surface area contributed by atoms with Gasteiger partial charge in [0, 0.05) is 41.8 Å². The van der Waals surface area contributed by atoms with Crippen LogP contribution in [0.15, 0.2) is 71.8 Å². The predicted octanol–water partition coefficient (Wildman–Crippen LogP) is 2.64. The molecule has 4 nitrogen and oxygen atoms in total. The molecule has 0 radical (unpaired) electrons. The van der Waals surface area contributed by atoms with Crippen LogP contribution in [0.1, 0.15) is 21.6 Å². The molecule has 0 atom stereocenters. The average Bonchev–Trinajstić information content (AvgIpc) is 2.56. The molecule has 2 aromatic heterocycles. The number of carbonyl (C=O) groups excluding carboxylic acids is 1. The Bertz CT molecular complexity index is 868. The van der Waals surface area contributed by atoms with Crippen LogP contribution in [0.5, 0.6) is 0 Å². The highest BCUT2D eigenvalue weighted by Gasteiger charge is 2.03. The summed E-state index contributed by atoms with van der Waals surface area (Å²) in [6, 6.07) is 16.3. The number of carbonyl (C=O) groups is 1. The summed E-state index contributed by atoms with van der Waals surface area (Å²) in [4.78, 5) is 27.0. The monoisotopic (exact) mass is 290 g/mol. The van der Waals surface area contributed by atoms with Gasteiger partial charge in [-0.15, -0.1) is 0 Å². The van der Waals surface area contributed by atoms with E-state index in [0.29, 0.717) is 12.0 Å². The number of aromatic nitrogens is 2. The van der Waals surface area contributed by atoms with Crippen molar-refractivity contribution in [3.63, 3.8) is 0 Å². The number of nitrogens with zero attached hydrogens (tertiary/aromatic N) is 2. The minimum Gasteiger partial charge on any atom is -0.298 e. The van der Waals surface area contributed by atoms with E-state index in [-0.39, 0.29) is 5.56 Å². The molecule has 0 unspecified atom stereocenters. The van der Waals surface area contributed by atoms with Crippen molar-refractivity contribution in [1.29, 1.82) is 0 Å². The summed E-state index contributed by atoms with van der Waals surface area (Å²) in [5.74, 6) is 0. The van der Waals surface area contributed by atoms with Crippen LogP contribution in [0.4, 0.5) is 0 Å². The second-order valence-electron chi connectivity index (χ2n) is 4.95. The molecule has 0 aliphatic heterocycles. The number of pyridine rings is 2. The van der Waals surface area contributed by atoms with E-state index in [0.717, 1.165) is 23.2 Å². The van der Waals surface area contributed by atoms with Gasteiger partial charge in [-0.05, 0) is 35.9 Å². The van der Waals surface area contributed by atoms with Gasteiger partial charge >= 0.3 is 0 Å². The molecule has 3 rings (SSSR count). The SMILES string of the molecule is O=Cc1ccnc(Cc2cccc(-n3ccccc3=O)c2)c1. The smallest absolute Gasteiger partial charge is 0.255 e. The quantitative estimate of drug-likeness (QED) is 0.694. The van der Waals surface area contributed by atoms with Gasteiger partial charge in [0.15, 0.2) is 0 Å². The summed E-state index contributed by atoms with van der Waals surface area (Å²) < 4.78 is 1.60. The molecule has 0 spiro atoms. The lowest BCUT2D eigenvalue weighted by Gasteiger charge is -2.08. The van der Waals surface area contributed by atoms with E-state index in [2.05, 4.69) is 4.98 Å². The fourth-order valence-electron chi connectivity index (χ4n) is 2.33. The van der Waals surface area contributed by atoms with Gasteiger partial charge in [-0.1, -0.05) is 18.2 Å². The Balaban J connectivity index is 1.93. The van der Waals surface area contributed by atoms with E-state index in [1.807, 2.05) is 30.3 Å². The molecule has 108 valence electrons. The summed E-state index contributed by atoms with van der Waals surface area (Å²) in [6.07, 6.45) is 4.79. The maximum Gasteiger partial charge on any atom is 0.255 e. The Morgan fingerprint density at radius 1 is 1.05 bits per heavy atom. The number of aldehydes is 1. The summed E-state index contributed by atoms with van der Waals surface area (Å²) in [5, 5.41) is 0. The first-order valence-electron chi connectivity index (χ1n) is 6.93. The molecule has 0 saturated carbocycles. The lowest BCUT2D eigenvalue weighted by molar-refractivity contribution is 0.112. The van der Waals surface area contributed by atoms with Crippen LogP contribution in [0.3, 0.4) is 0 Å². The molecule has 0 amide bonds. The zero-order valence-electron chi connectivity index (χ0n) is 11.8. The third-order valence-corrected chi connectivity index (χ3v) is 3.37. The van der Waals surface area contributed by atoms with Crippen LogP contribution in [0.2, 0.25) is 0 Å². The fraction of sp³-hybridized carbons (Fsp3) is 0.0556. The standard InChI is InChI=1S/C18H14N2O2/c21-13-15-7-8-19-16(11-15)10-14-4-3-5-17(12-14)20-9-2-1-6-18(20)22/h1-9,11-13H,10H2. The Hall–Kier alpha value is -3.01. The molecule has 3 aromatic rings. The van der Waals surface area contributed by atoms with E-state index >= 15 is 0 Å². The summed E-state index contributed by atoms with van der Waals surface area (Å²) in [5.41, 5.74) is 3.21. The van der Waals surface area contributed by atoms with Crippen LogP contribution < -0.4 is 5.56 Å². The van der Waals surface area contributed by atoms with Crippen molar-refractivity contribution in [2.45, 2.75) is 6.42 Å². The van der Waals surface area contributed by atoms with Crippen LogP contribution in [0.25, 0.3) is 5.69 Å². The largest absolute Gasteiger partial charge is 0.298 e. The van der Waals surface area contributed by atoms with Crippen molar-refractivity contribution >= 4 is 6.29 Å². The molecule has 0 aliphatic carbocycles. The molecular formula is C18H14N2O2. The molecule has 22 heavy (non-hydrogen) atoms. The number of benzene rings is 1. The molecule has 0 N–H and O–H groups in total. The number of hydrogen-bond donors (Lipinski definition) is 0. The molecule has 1 aromatic carbocycles. The Kier molecular flexibility index (Phi) is 3.92. The molecule has 2 heterocycles. The van der Waals surface area contributed by atoms with Crippen molar-refractivity contribution in [2.75, 3.05) is 0 Å². The van der Waals surface area contributed by atoms with Crippen LogP contribution in [-0.4, -0.2) is 15.8 Å². The normalized spacial score (nSPS) is 10.4. The van der Waals surface area contributed by atoms with Crippen LogP contribution in [0, 0.1) is 0 Å². The van der Waals surface area contributed by atoms with E-state index in [4.69, 9.17) is 0 Å². The van der Waals surface area contributed by atoms with Crippen molar-refractivity contribution in [1.82, 2.24) is 9.55 Å². The highest BCUT2D eigenvalue weighted by Crippen LogP contribution is 2.13. The molecular weight excluding hydrogens is 276 g/mol. The fourth-order valence-corrected chi connectivity index (χ4v) is 2.33. The van der Waals surface area contributed by atoms with Crippen molar-refractivity contribution in [2.24, 2.45) is 0 Å². The molecule has 4 heteroatoms. The van der Waals surface area contributed by atoms with Gasteiger partial charge in [0.2, 0.25) is 0 Å². The zero-order chi connectivity index (χ0) is 15.4. The van der Waals surface area contributed by atoms with Gasteiger partial charge in [-0.3, -0.25) is 19.1 Å². The Morgan fingerprint density at radius 3 is 2.77 bits per heavy atom. The third-order valence-electron chi connectivity index (χ3n) is 3.37. The first-order chi connectivity index (χ1) is 10.8. The second-order valence-corrected chi connectivity index (χ2v) is 4.95. The third kappa shape index (κ3) is 3.01. The zero-order valence-corrected chi connectivity index (χ0v) is 11.8. The van der Waals surface area contributed by atoms with Gasteiger partial charge in [0.1, 0.15) is 6.29 Å². The summed E-state index contributed by atoms with van der Waals surface area (Å²) in [7, 11) is 0. The van der Waals surface area contributed by atoms with Gasteiger partial charge in [0.25, 0.3) is 5.56 Å². The lowest BCUT2D eigenvalue weighted by Crippen LogP contribution is -2.15. The first-order valence-corrected chi connectivity index (χ1v) is 6.93. The lowest BCUT2D eigenvalue weighted by atomic mass is 10.1. The summed E-state index contributed by atoms with van der Waals surface area (Å²) in [6.45, 7) is 0.